The van der Waals surface area contributed by atoms with Crippen LogP contribution in [0.3, 0.4) is 0 Å². The number of aliphatic hydroxyl groups excluding tert-OH is 1. The van der Waals surface area contributed by atoms with Gasteiger partial charge in [-0.15, -0.1) is 11.8 Å². The maximum atomic E-state index is 11.2. The maximum absolute atomic E-state index is 11.2. The van der Waals surface area contributed by atoms with Crippen LogP contribution < -0.4 is 0 Å². The van der Waals surface area contributed by atoms with E-state index in [2.05, 4.69) is 0 Å². The fourth-order valence-electron chi connectivity index (χ4n) is 0.677. The van der Waals surface area contributed by atoms with Gasteiger partial charge in [0.05, 0.1) is 24.8 Å². The second-order valence-electron chi connectivity index (χ2n) is 2.50. The Balaban J connectivity index is 3.52. The van der Waals surface area contributed by atoms with E-state index in [9.17, 15) is 4.79 Å². The van der Waals surface area contributed by atoms with Crippen molar-refractivity contribution in [3.05, 3.63) is 0 Å². The molecule has 0 saturated carbocycles. The molecule has 0 aliphatic carbocycles. The molecule has 0 aromatic heterocycles. The van der Waals surface area contributed by atoms with Gasteiger partial charge < -0.3 is 10.0 Å². The van der Waals surface area contributed by atoms with Crippen LogP contribution in [0.2, 0.25) is 0 Å². The van der Waals surface area contributed by atoms with E-state index in [1.165, 1.54) is 16.7 Å². The molecule has 0 fully saturated rings. The molecule has 74 valence electrons. The third-order valence-corrected chi connectivity index (χ3v) is 2.37. The number of rotatable bonds is 6. The van der Waals surface area contributed by atoms with Crippen molar-refractivity contribution in [2.45, 2.75) is 6.42 Å². The van der Waals surface area contributed by atoms with Gasteiger partial charge in [-0.3, -0.25) is 4.79 Å². The average Bonchev–Trinajstić information content (AvgIpc) is 2.14. The lowest BCUT2D eigenvalue weighted by molar-refractivity contribution is -0.127. The Hall–Kier alpha value is -0.730. The number of carbonyl (C=O) groups excluding carboxylic acids is 1. The molecule has 0 unspecified atom stereocenters. The lowest BCUT2D eigenvalue weighted by Gasteiger charge is -2.14. The Bertz CT molecular complexity index is 191. The fraction of sp³-hybridized carbons (Fsp3) is 0.750. The number of nitriles is 1. The molecular formula is C8H14N2O2S. The van der Waals surface area contributed by atoms with E-state index in [1.807, 2.05) is 6.07 Å². The summed E-state index contributed by atoms with van der Waals surface area (Å²) in [5, 5.41) is 16.8. The summed E-state index contributed by atoms with van der Waals surface area (Å²) in [5.41, 5.74) is 0. The molecule has 0 atom stereocenters. The quantitative estimate of drug-likeness (QED) is 0.620. The molecule has 0 radical (unpaired) electrons. The summed E-state index contributed by atoms with van der Waals surface area (Å²) in [4.78, 5) is 12.8. The zero-order chi connectivity index (χ0) is 10.1. The van der Waals surface area contributed by atoms with Gasteiger partial charge in [-0.2, -0.15) is 5.26 Å². The number of carbonyl (C=O) groups is 1. The molecule has 0 aliphatic heterocycles. The van der Waals surface area contributed by atoms with Crippen molar-refractivity contribution in [1.82, 2.24) is 4.90 Å². The lowest BCUT2D eigenvalue weighted by atomic mass is 10.4. The zero-order valence-corrected chi connectivity index (χ0v) is 8.51. The Morgan fingerprint density at radius 1 is 1.69 bits per heavy atom. The van der Waals surface area contributed by atoms with E-state index < -0.39 is 0 Å². The molecule has 0 aromatic carbocycles. The van der Waals surface area contributed by atoms with E-state index in [4.69, 9.17) is 10.4 Å². The van der Waals surface area contributed by atoms with Crippen molar-refractivity contribution < 1.29 is 9.90 Å². The van der Waals surface area contributed by atoms with Crippen molar-refractivity contribution in [1.29, 1.82) is 5.26 Å². The van der Waals surface area contributed by atoms with Crippen molar-refractivity contribution >= 4 is 17.7 Å². The van der Waals surface area contributed by atoms with Crippen molar-refractivity contribution in [2.24, 2.45) is 0 Å². The molecule has 0 rings (SSSR count). The summed E-state index contributed by atoms with van der Waals surface area (Å²) in [7, 11) is 1.68. The second kappa shape index (κ2) is 7.90. The minimum Gasteiger partial charge on any atom is -0.396 e. The van der Waals surface area contributed by atoms with Crippen LogP contribution in [0.1, 0.15) is 6.42 Å². The molecule has 13 heavy (non-hydrogen) atoms. The van der Waals surface area contributed by atoms with Gasteiger partial charge in [0.1, 0.15) is 0 Å². The number of nitrogens with zero attached hydrogens (tertiary/aromatic N) is 2. The van der Waals surface area contributed by atoms with E-state index >= 15 is 0 Å². The largest absolute Gasteiger partial charge is 0.396 e. The van der Waals surface area contributed by atoms with Crippen LogP contribution in [0.25, 0.3) is 0 Å². The minimum atomic E-state index is 0.00806. The first-order valence-corrected chi connectivity index (χ1v) is 5.17. The topological polar surface area (TPSA) is 64.3 Å². The summed E-state index contributed by atoms with van der Waals surface area (Å²) in [6.45, 7) is 0.578. The molecule has 0 saturated heterocycles. The smallest absolute Gasteiger partial charge is 0.232 e. The highest BCUT2D eigenvalue weighted by atomic mass is 32.2. The first-order chi connectivity index (χ1) is 6.22. The van der Waals surface area contributed by atoms with Gasteiger partial charge in [-0.05, 0) is 0 Å². The van der Waals surface area contributed by atoms with Gasteiger partial charge in [-0.25, -0.2) is 0 Å². The predicted molar refractivity (Wildman–Crippen MR) is 52.3 cm³/mol. The van der Waals surface area contributed by atoms with Gasteiger partial charge in [-0.1, -0.05) is 0 Å². The summed E-state index contributed by atoms with van der Waals surface area (Å²) < 4.78 is 0. The van der Waals surface area contributed by atoms with Crippen LogP contribution in [0.15, 0.2) is 0 Å². The van der Waals surface area contributed by atoms with E-state index in [1.54, 1.807) is 7.05 Å². The van der Waals surface area contributed by atoms with E-state index in [0.29, 0.717) is 24.5 Å². The average molecular weight is 202 g/mol. The number of amides is 1. The highest BCUT2D eigenvalue weighted by molar-refractivity contribution is 7.99. The molecule has 0 spiro atoms. The first-order valence-electron chi connectivity index (χ1n) is 4.02. The molecule has 1 N–H and O–H groups in total. The molecule has 0 bridgehead atoms. The zero-order valence-electron chi connectivity index (χ0n) is 7.69. The monoisotopic (exact) mass is 202 g/mol. The number of aliphatic hydroxyl groups is 1. The van der Waals surface area contributed by atoms with Crippen LogP contribution >= 0.6 is 11.8 Å². The summed E-state index contributed by atoms with van der Waals surface area (Å²) >= 11 is 1.40. The van der Waals surface area contributed by atoms with Gasteiger partial charge in [0.2, 0.25) is 5.91 Å². The summed E-state index contributed by atoms with van der Waals surface area (Å²) in [6.07, 6.45) is 0.368. The Kier molecular flexibility index (Phi) is 7.45. The molecule has 4 nitrogen and oxygen atoms in total. The molecule has 0 heterocycles. The van der Waals surface area contributed by atoms with Gasteiger partial charge in [0, 0.05) is 19.3 Å². The van der Waals surface area contributed by atoms with Crippen LogP contribution in [0, 0.1) is 11.3 Å². The molecule has 0 aliphatic rings. The highest BCUT2D eigenvalue weighted by Crippen LogP contribution is 2.00. The van der Waals surface area contributed by atoms with E-state index in [-0.39, 0.29) is 12.5 Å². The van der Waals surface area contributed by atoms with Gasteiger partial charge in [0.15, 0.2) is 0 Å². The number of thioether (sulfide) groups is 1. The van der Waals surface area contributed by atoms with Crippen LogP contribution in [-0.2, 0) is 4.79 Å². The van der Waals surface area contributed by atoms with Gasteiger partial charge in [0.25, 0.3) is 0 Å². The van der Waals surface area contributed by atoms with Crippen molar-refractivity contribution in [3.8, 4) is 6.07 Å². The highest BCUT2D eigenvalue weighted by Gasteiger charge is 2.06. The van der Waals surface area contributed by atoms with Crippen LogP contribution in [0.4, 0.5) is 0 Å². The lowest BCUT2D eigenvalue weighted by Crippen LogP contribution is -2.29. The van der Waals surface area contributed by atoms with Crippen LogP contribution in [0.5, 0.6) is 0 Å². The first kappa shape index (κ1) is 12.3. The summed E-state index contributed by atoms with van der Waals surface area (Å²) in [6, 6.07) is 1.98. The minimum absolute atomic E-state index is 0.00806. The molecule has 0 aromatic rings. The Labute approximate surface area is 82.5 Å². The normalized spacial score (nSPS) is 9.31. The Morgan fingerprint density at radius 2 is 2.38 bits per heavy atom. The number of hydrogen-bond acceptors (Lipinski definition) is 4. The number of hydrogen-bond donors (Lipinski definition) is 1. The Morgan fingerprint density at radius 3 is 2.92 bits per heavy atom. The van der Waals surface area contributed by atoms with Crippen LogP contribution in [-0.4, -0.2) is 47.6 Å². The maximum Gasteiger partial charge on any atom is 0.232 e. The van der Waals surface area contributed by atoms with E-state index in [0.717, 1.165) is 0 Å². The standard InChI is InChI=1S/C8H14N2O2S/c1-10(4-2-3-9)8(12)7-13-6-5-11/h11H,2,4-7H2,1H3. The van der Waals surface area contributed by atoms with Crippen molar-refractivity contribution in [3.63, 3.8) is 0 Å². The molecule has 5 heteroatoms. The predicted octanol–water partition coefficient (Wildman–Crippen LogP) is 0.0840. The molecular weight excluding hydrogens is 188 g/mol. The second-order valence-corrected chi connectivity index (χ2v) is 3.60. The SMILES string of the molecule is CN(CCC#N)C(=O)CSCCO. The van der Waals surface area contributed by atoms with Gasteiger partial charge >= 0.3 is 0 Å². The summed E-state index contributed by atoms with van der Waals surface area (Å²) in [5.74, 6) is 0.967. The third-order valence-electron chi connectivity index (χ3n) is 1.45. The fourth-order valence-corrected chi connectivity index (χ4v) is 1.35. The van der Waals surface area contributed by atoms with Crippen molar-refractivity contribution in [2.75, 3.05) is 31.7 Å². The third kappa shape index (κ3) is 6.43. The molecule has 1 amide bonds.